The number of rotatable bonds is 7. The number of nitrogens with two attached hydrogens (primary N) is 1. The summed E-state index contributed by atoms with van der Waals surface area (Å²) in [5, 5.41) is 10.1. The van der Waals surface area contributed by atoms with Crippen LogP contribution in [0.1, 0.15) is 68.2 Å². The predicted octanol–water partition coefficient (Wildman–Crippen LogP) is 3.46. The Morgan fingerprint density at radius 1 is 0.976 bits per heavy atom. The summed E-state index contributed by atoms with van der Waals surface area (Å²) in [4.78, 5) is 44.1. The van der Waals surface area contributed by atoms with Gasteiger partial charge in [-0.3, -0.25) is 14.4 Å². The van der Waals surface area contributed by atoms with Crippen molar-refractivity contribution in [2.24, 2.45) is 5.73 Å². The summed E-state index contributed by atoms with van der Waals surface area (Å²) >= 11 is 1.03. The molecule has 1 aliphatic carbocycles. The van der Waals surface area contributed by atoms with Crippen LogP contribution in [0.2, 0.25) is 0 Å². The van der Waals surface area contributed by atoms with E-state index in [1.54, 1.807) is 38.3 Å². The van der Waals surface area contributed by atoms with Crippen LogP contribution in [-0.4, -0.2) is 77.6 Å². The van der Waals surface area contributed by atoms with Crippen LogP contribution < -0.4 is 26.0 Å². The quantitative estimate of drug-likeness (QED) is 0.379. The fraction of sp³-hybridized carbons (Fsp3) is 0.433. The molecule has 2 aliphatic rings. The second-order valence-corrected chi connectivity index (χ2v) is 11.6. The fourth-order valence-electron chi connectivity index (χ4n) is 5.50. The van der Waals surface area contributed by atoms with Crippen molar-refractivity contribution < 1.29 is 19.1 Å². The van der Waals surface area contributed by atoms with Gasteiger partial charge < -0.3 is 30.9 Å². The van der Waals surface area contributed by atoms with Gasteiger partial charge in [0, 0.05) is 49.4 Å². The van der Waals surface area contributed by atoms with E-state index in [0.717, 1.165) is 49.3 Å². The number of amides is 3. The van der Waals surface area contributed by atoms with E-state index in [4.69, 9.17) is 10.5 Å². The number of aromatic nitrogens is 2. The summed E-state index contributed by atoms with van der Waals surface area (Å²) < 4.78 is 9.18. The van der Waals surface area contributed by atoms with E-state index in [1.165, 1.54) is 0 Å². The number of nitrogens with one attached hydrogen (secondary N) is 2. The summed E-state index contributed by atoms with van der Waals surface area (Å²) in [5.41, 5.74) is 8.94. The molecule has 1 saturated heterocycles. The summed E-state index contributed by atoms with van der Waals surface area (Å²) in [6, 6.07) is 12.8. The Morgan fingerprint density at radius 2 is 1.79 bits per heavy atom. The smallest absolute Gasteiger partial charge is 0.269 e. The Balaban J connectivity index is 1.35. The van der Waals surface area contributed by atoms with Crippen molar-refractivity contribution in [1.29, 1.82) is 0 Å². The highest BCUT2D eigenvalue weighted by atomic mass is 32.1. The molecule has 0 bridgehead atoms. The monoisotopic (exact) mass is 591 g/mol. The second kappa shape index (κ2) is 13.3. The van der Waals surface area contributed by atoms with E-state index >= 15 is 0 Å². The van der Waals surface area contributed by atoms with Crippen molar-refractivity contribution >= 4 is 40.6 Å². The van der Waals surface area contributed by atoms with Gasteiger partial charge in [-0.2, -0.15) is 0 Å². The molecule has 4 N–H and O–H groups in total. The number of hydrogen-bond donors (Lipinski definition) is 3. The molecule has 3 aromatic rings. The van der Waals surface area contributed by atoms with E-state index in [2.05, 4.69) is 25.1 Å². The van der Waals surface area contributed by atoms with Crippen molar-refractivity contribution in [3.8, 4) is 5.75 Å². The number of nitrogens with zero attached hydrogens (tertiary/aromatic N) is 4. The number of benzene rings is 2. The van der Waals surface area contributed by atoms with Gasteiger partial charge in [-0.25, -0.2) is 0 Å². The van der Waals surface area contributed by atoms with Crippen molar-refractivity contribution in [2.75, 3.05) is 43.5 Å². The first-order valence-corrected chi connectivity index (χ1v) is 15.1. The van der Waals surface area contributed by atoms with Gasteiger partial charge in [-0.1, -0.05) is 10.6 Å². The molecule has 42 heavy (non-hydrogen) atoms. The van der Waals surface area contributed by atoms with E-state index in [1.807, 2.05) is 23.1 Å². The van der Waals surface area contributed by atoms with E-state index < -0.39 is 0 Å². The number of carbonyl (C=O) groups excluding carboxylic acids is 3. The first-order chi connectivity index (χ1) is 20.3. The Morgan fingerprint density at radius 3 is 2.52 bits per heavy atom. The van der Waals surface area contributed by atoms with Gasteiger partial charge >= 0.3 is 0 Å². The average molecular weight is 592 g/mol. The molecule has 3 amide bonds. The maximum absolute atomic E-state index is 13.3. The first-order valence-electron chi connectivity index (χ1n) is 14.3. The third-order valence-corrected chi connectivity index (χ3v) is 8.74. The lowest BCUT2D eigenvalue weighted by molar-refractivity contribution is 0.0766. The van der Waals surface area contributed by atoms with Crippen LogP contribution in [0.5, 0.6) is 5.75 Å². The molecule has 2 fully saturated rings. The molecule has 0 spiro atoms. The standard InChI is InChI=1S/C30H37N7O4S/c1-19-27(42-35-34-19)29(39)33-25-18-20(28(38)32-23-10-8-22(31)9-11-23)7-12-26(25)36-13-4-14-37(16-15-36)30(40)21-5-3-6-24(17-21)41-2/h3,5-7,12,17-18,22-23H,4,8-11,13-16,31H2,1-2H3,(H,32,38)(H,33,39). The van der Waals surface area contributed by atoms with Gasteiger partial charge in [0.15, 0.2) is 0 Å². The fourth-order valence-corrected chi connectivity index (χ4v) is 6.06. The SMILES string of the molecule is COc1cccc(C(=O)N2CCCN(c3ccc(C(=O)NC4CCC(N)CC4)cc3NC(=O)c3snnc3C)CC2)c1. The Hall–Kier alpha value is -4.03. The molecular weight excluding hydrogens is 554 g/mol. The Bertz CT molecular complexity index is 1440. The van der Waals surface area contributed by atoms with Crippen LogP contribution in [0.25, 0.3) is 0 Å². The second-order valence-electron chi connectivity index (χ2n) is 10.8. The molecule has 2 aromatic carbocycles. The van der Waals surface area contributed by atoms with Gasteiger partial charge in [0.1, 0.15) is 10.6 Å². The highest BCUT2D eigenvalue weighted by Gasteiger charge is 2.25. The zero-order chi connectivity index (χ0) is 29.6. The van der Waals surface area contributed by atoms with Crippen LogP contribution in [0, 0.1) is 6.92 Å². The van der Waals surface area contributed by atoms with Gasteiger partial charge in [0.25, 0.3) is 17.7 Å². The molecule has 222 valence electrons. The third kappa shape index (κ3) is 6.88. The minimum absolute atomic E-state index is 0.0480. The number of methoxy groups -OCH3 is 1. The zero-order valence-electron chi connectivity index (χ0n) is 24.0. The maximum atomic E-state index is 13.3. The van der Waals surface area contributed by atoms with Gasteiger partial charge in [0.2, 0.25) is 0 Å². The lowest BCUT2D eigenvalue weighted by atomic mass is 9.91. The van der Waals surface area contributed by atoms with E-state index in [0.29, 0.717) is 59.3 Å². The van der Waals surface area contributed by atoms with Crippen LogP contribution in [0.4, 0.5) is 11.4 Å². The molecular formula is C30H37N7O4S. The molecule has 1 saturated carbocycles. The number of carbonyl (C=O) groups is 3. The first kappa shape index (κ1) is 29.5. The third-order valence-electron chi connectivity index (χ3n) is 7.91. The zero-order valence-corrected chi connectivity index (χ0v) is 24.8. The Labute approximate surface area is 249 Å². The van der Waals surface area contributed by atoms with Crippen LogP contribution in [0.3, 0.4) is 0 Å². The Kier molecular flexibility index (Phi) is 9.33. The van der Waals surface area contributed by atoms with Crippen LogP contribution >= 0.6 is 11.5 Å². The highest BCUT2D eigenvalue weighted by Crippen LogP contribution is 2.30. The molecule has 1 aromatic heterocycles. The molecule has 0 atom stereocenters. The average Bonchev–Trinajstić information content (AvgIpc) is 3.29. The maximum Gasteiger partial charge on any atom is 0.269 e. The van der Waals surface area contributed by atoms with E-state index in [9.17, 15) is 14.4 Å². The van der Waals surface area contributed by atoms with Crippen LogP contribution in [-0.2, 0) is 0 Å². The van der Waals surface area contributed by atoms with Gasteiger partial charge in [-0.05, 0) is 87.0 Å². The number of anilines is 2. The lowest BCUT2D eigenvalue weighted by Gasteiger charge is -2.28. The lowest BCUT2D eigenvalue weighted by Crippen LogP contribution is -2.40. The molecule has 12 heteroatoms. The molecule has 0 unspecified atom stereocenters. The summed E-state index contributed by atoms with van der Waals surface area (Å²) in [6.45, 7) is 4.09. The summed E-state index contributed by atoms with van der Waals surface area (Å²) in [7, 11) is 1.58. The van der Waals surface area contributed by atoms with Crippen LogP contribution in [0.15, 0.2) is 42.5 Å². The predicted molar refractivity (Wildman–Crippen MR) is 162 cm³/mol. The molecule has 11 nitrogen and oxygen atoms in total. The number of ether oxygens (including phenoxy) is 1. The highest BCUT2D eigenvalue weighted by molar-refractivity contribution is 7.08. The number of aryl methyl sites for hydroxylation is 1. The number of hydrogen-bond acceptors (Lipinski definition) is 9. The molecule has 5 rings (SSSR count). The molecule has 0 radical (unpaired) electrons. The molecule has 2 heterocycles. The van der Waals surface area contributed by atoms with Crippen molar-refractivity contribution in [3.05, 3.63) is 64.2 Å². The van der Waals surface area contributed by atoms with E-state index in [-0.39, 0.29) is 29.8 Å². The minimum Gasteiger partial charge on any atom is -0.497 e. The molecule has 1 aliphatic heterocycles. The van der Waals surface area contributed by atoms with Gasteiger partial charge in [-0.15, -0.1) is 5.10 Å². The van der Waals surface area contributed by atoms with Crippen molar-refractivity contribution in [2.45, 2.75) is 51.1 Å². The minimum atomic E-state index is -0.327. The van der Waals surface area contributed by atoms with Crippen molar-refractivity contribution in [1.82, 2.24) is 19.8 Å². The van der Waals surface area contributed by atoms with Crippen molar-refractivity contribution in [3.63, 3.8) is 0 Å². The normalized spacial score (nSPS) is 19.1. The summed E-state index contributed by atoms with van der Waals surface area (Å²) in [5.74, 6) is 0.0831. The topological polar surface area (TPSA) is 143 Å². The van der Waals surface area contributed by atoms with Gasteiger partial charge in [0.05, 0.1) is 24.2 Å². The largest absolute Gasteiger partial charge is 0.497 e. The summed E-state index contributed by atoms with van der Waals surface area (Å²) in [6.07, 6.45) is 4.22.